The van der Waals surface area contributed by atoms with Crippen LogP contribution in [0, 0.1) is 5.92 Å². The largest absolute Gasteiger partial charge is 0.387 e. The molecule has 3 fully saturated rings. The van der Waals surface area contributed by atoms with Crippen molar-refractivity contribution in [2.45, 2.75) is 79.2 Å². The van der Waals surface area contributed by atoms with Crippen molar-refractivity contribution >= 4 is 23.4 Å². The van der Waals surface area contributed by atoms with Crippen LogP contribution in [-0.4, -0.2) is 57.2 Å². The van der Waals surface area contributed by atoms with Crippen molar-refractivity contribution < 1.29 is 37.6 Å². The maximum Gasteiger partial charge on any atom is 0.249 e. The maximum atomic E-state index is 14.3. The monoisotopic (exact) mass is 560 g/mol. The third-order valence-electron chi connectivity index (χ3n) is 8.14. The second-order valence-electron chi connectivity index (χ2n) is 10.7. The van der Waals surface area contributed by atoms with Gasteiger partial charge in [-0.2, -0.15) is 0 Å². The zero-order valence-electron chi connectivity index (χ0n) is 20.1. The highest BCUT2D eigenvalue weighted by Gasteiger charge is 2.65. The Bertz CT molecular complexity index is 1130. The summed E-state index contributed by atoms with van der Waals surface area (Å²) >= 11 is 7.66. The SMILES string of the molecule is CS[C@H]1OC(c2ccc(Cl)c(Cc3ccc(C45CC(F)(F)CC4CC(F)(F)C5)cc3)c2)[C@H](O)[C@@H](O)[C@@H]1O. The van der Waals surface area contributed by atoms with Crippen LogP contribution in [0.15, 0.2) is 42.5 Å². The van der Waals surface area contributed by atoms with Crippen LogP contribution in [0.4, 0.5) is 17.6 Å². The first kappa shape index (κ1) is 27.2. The number of thioether (sulfide) groups is 1. The van der Waals surface area contributed by atoms with E-state index in [9.17, 15) is 32.9 Å². The van der Waals surface area contributed by atoms with Crippen molar-refractivity contribution in [2.24, 2.45) is 5.92 Å². The lowest BCUT2D eigenvalue weighted by Crippen LogP contribution is -2.52. The van der Waals surface area contributed by atoms with E-state index in [1.165, 1.54) is 11.8 Å². The first-order valence-electron chi connectivity index (χ1n) is 12.2. The van der Waals surface area contributed by atoms with Crippen LogP contribution in [0.25, 0.3) is 0 Å². The van der Waals surface area contributed by atoms with Gasteiger partial charge >= 0.3 is 0 Å². The van der Waals surface area contributed by atoms with E-state index in [1.54, 1.807) is 48.7 Å². The van der Waals surface area contributed by atoms with E-state index in [4.69, 9.17) is 16.3 Å². The van der Waals surface area contributed by atoms with E-state index in [2.05, 4.69) is 0 Å². The van der Waals surface area contributed by atoms with Gasteiger partial charge in [-0.3, -0.25) is 0 Å². The maximum absolute atomic E-state index is 14.3. The Hall–Kier alpha value is -1.36. The molecule has 2 aliphatic carbocycles. The first-order valence-corrected chi connectivity index (χ1v) is 13.9. The number of halogens is 5. The molecule has 1 aliphatic heterocycles. The Morgan fingerprint density at radius 1 is 0.919 bits per heavy atom. The van der Waals surface area contributed by atoms with Gasteiger partial charge in [-0.05, 0) is 46.9 Å². The minimum Gasteiger partial charge on any atom is -0.387 e. The third kappa shape index (κ3) is 5.03. The van der Waals surface area contributed by atoms with Gasteiger partial charge in [0.1, 0.15) is 29.9 Å². The molecule has 3 N–H and O–H groups in total. The number of aliphatic hydroxyl groups is 3. The molecule has 2 aromatic rings. The molecule has 1 heterocycles. The summed E-state index contributed by atoms with van der Waals surface area (Å²) in [5.41, 5.74) is 0.676. The van der Waals surface area contributed by atoms with E-state index in [-0.39, 0.29) is 0 Å². The molecule has 1 saturated heterocycles. The number of aliphatic hydroxyl groups excluding tert-OH is 3. The van der Waals surface area contributed by atoms with Gasteiger partial charge in [0.2, 0.25) is 11.8 Å². The molecule has 10 heteroatoms. The zero-order chi connectivity index (χ0) is 26.8. The molecule has 202 valence electrons. The molecule has 3 aliphatic rings. The molecule has 5 atom stereocenters. The Morgan fingerprint density at radius 2 is 1.54 bits per heavy atom. The Balaban J connectivity index is 1.38. The number of hydrogen-bond donors (Lipinski definition) is 3. The molecule has 5 rings (SSSR count). The fourth-order valence-corrected chi connectivity index (χ4v) is 7.30. The standard InChI is InChI=1S/C27H29ClF4O4S/c1-37-24-22(35)20(33)21(34)23(36-24)15-4-7-19(28)16(9-15)8-14-2-5-17(6-3-14)25-12-26(29,30)10-18(25)11-27(31,32)13-25/h2-7,9,18,20-24,33-35H,8,10-13H2,1H3/t18?,20-,21-,22+,23?,24-,25?/m1/s1. The van der Waals surface area contributed by atoms with Gasteiger partial charge in [-0.25, -0.2) is 17.6 Å². The minimum atomic E-state index is -2.95. The van der Waals surface area contributed by atoms with Crippen LogP contribution in [0.2, 0.25) is 5.02 Å². The first-order chi connectivity index (χ1) is 17.3. The molecule has 37 heavy (non-hydrogen) atoms. The molecule has 0 bridgehead atoms. The number of ether oxygens (including phenoxy) is 1. The summed E-state index contributed by atoms with van der Waals surface area (Å²) in [4.78, 5) is 0. The van der Waals surface area contributed by atoms with Crippen molar-refractivity contribution in [3.63, 3.8) is 0 Å². The quantitative estimate of drug-likeness (QED) is 0.422. The number of rotatable bonds is 5. The van der Waals surface area contributed by atoms with Crippen molar-refractivity contribution in [3.8, 4) is 0 Å². The average Bonchev–Trinajstić information content (AvgIpc) is 3.22. The molecule has 2 saturated carbocycles. The van der Waals surface area contributed by atoms with Crippen molar-refractivity contribution in [2.75, 3.05) is 6.26 Å². The molecule has 0 radical (unpaired) electrons. The Labute approximate surface area is 222 Å². The highest BCUT2D eigenvalue weighted by atomic mass is 35.5. The molecular weight excluding hydrogens is 532 g/mol. The lowest BCUT2D eigenvalue weighted by Gasteiger charge is -2.40. The fourth-order valence-electron chi connectivity index (χ4n) is 6.44. The lowest BCUT2D eigenvalue weighted by molar-refractivity contribution is -0.200. The van der Waals surface area contributed by atoms with Crippen molar-refractivity contribution in [3.05, 3.63) is 69.7 Å². The van der Waals surface area contributed by atoms with E-state index in [0.29, 0.717) is 28.1 Å². The van der Waals surface area contributed by atoms with Crippen LogP contribution in [-0.2, 0) is 16.6 Å². The zero-order valence-corrected chi connectivity index (χ0v) is 21.7. The van der Waals surface area contributed by atoms with E-state index in [1.807, 2.05) is 0 Å². The highest BCUT2D eigenvalue weighted by molar-refractivity contribution is 7.99. The van der Waals surface area contributed by atoms with Gasteiger partial charge < -0.3 is 20.1 Å². The summed E-state index contributed by atoms with van der Waals surface area (Å²) in [5, 5.41) is 31.4. The molecule has 4 nitrogen and oxygen atoms in total. The Kier molecular flexibility index (Phi) is 7.12. The van der Waals surface area contributed by atoms with Gasteiger partial charge in [-0.15, -0.1) is 11.8 Å². The summed E-state index contributed by atoms with van der Waals surface area (Å²) in [6.07, 6.45) is -4.86. The second kappa shape index (κ2) is 9.68. The number of fused-ring (bicyclic) bond motifs is 1. The van der Waals surface area contributed by atoms with Crippen LogP contribution in [0.5, 0.6) is 0 Å². The fraction of sp³-hybridized carbons (Fsp3) is 0.556. The predicted octanol–water partition coefficient (Wildman–Crippen LogP) is 5.49. The predicted molar refractivity (Wildman–Crippen MR) is 133 cm³/mol. The van der Waals surface area contributed by atoms with Gasteiger partial charge in [0.25, 0.3) is 0 Å². The molecule has 0 spiro atoms. The Morgan fingerprint density at radius 3 is 2.14 bits per heavy atom. The van der Waals surface area contributed by atoms with Crippen molar-refractivity contribution in [1.82, 2.24) is 0 Å². The molecule has 0 amide bonds. The number of hydrogen-bond acceptors (Lipinski definition) is 5. The second-order valence-corrected chi connectivity index (χ2v) is 12.0. The van der Waals surface area contributed by atoms with E-state index >= 15 is 0 Å². The molecule has 2 aromatic carbocycles. The summed E-state index contributed by atoms with van der Waals surface area (Å²) in [7, 11) is 0. The van der Waals surface area contributed by atoms with Crippen molar-refractivity contribution in [1.29, 1.82) is 0 Å². The van der Waals surface area contributed by atoms with Crippen LogP contribution < -0.4 is 0 Å². The lowest BCUT2D eigenvalue weighted by atomic mass is 9.74. The van der Waals surface area contributed by atoms with Gasteiger partial charge in [0.15, 0.2) is 0 Å². The summed E-state index contributed by atoms with van der Waals surface area (Å²) < 4.78 is 62.9. The molecular formula is C27H29ClF4O4S. The van der Waals surface area contributed by atoms with E-state index < -0.39 is 78.7 Å². The minimum absolute atomic E-state index is 0.371. The van der Waals surface area contributed by atoms with Gasteiger partial charge in [0.05, 0.1) is 0 Å². The van der Waals surface area contributed by atoms with Crippen LogP contribution in [0.1, 0.15) is 54.0 Å². The topological polar surface area (TPSA) is 69.9 Å². The van der Waals surface area contributed by atoms with Gasteiger partial charge in [-0.1, -0.05) is 48.0 Å². The van der Waals surface area contributed by atoms with Crippen LogP contribution >= 0.6 is 23.4 Å². The number of benzene rings is 2. The average molecular weight is 561 g/mol. The highest BCUT2D eigenvalue weighted by Crippen LogP contribution is 2.64. The summed E-state index contributed by atoms with van der Waals surface area (Å²) in [5.74, 6) is -6.65. The summed E-state index contributed by atoms with van der Waals surface area (Å²) in [6, 6.07) is 12.0. The third-order valence-corrected chi connectivity index (χ3v) is 9.37. The molecule has 1 unspecified atom stereocenters. The molecule has 0 aromatic heterocycles. The number of alkyl halides is 4. The smallest absolute Gasteiger partial charge is 0.249 e. The normalized spacial score (nSPS) is 36.5. The van der Waals surface area contributed by atoms with Crippen LogP contribution in [0.3, 0.4) is 0 Å². The van der Waals surface area contributed by atoms with Gasteiger partial charge in [0, 0.05) is 36.1 Å². The summed E-state index contributed by atoms with van der Waals surface area (Å²) in [6.45, 7) is 0. The van der Waals surface area contributed by atoms with E-state index in [0.717, 1.165) is 5.56 Å².